The molecule has 5 rings (SSSR count). The summed E-state index contributed by atoms with van der Waals surface area (Å²) in [7, 11) is 2.87. The number of methoxy groups -OCH3 is 1. The number of hydrogen-bond donors (Lipinski definition) is 3. The van der Waals surface area contributed by atoms with Gasteiger partial charge in [-0.15, -0.1) is 0 Å². The van der Waals surface area contributed by atoms with Crippen LogP contribution in [0.4, 0.5) is 5.69 Å². The maximum Gasteiger partial charge on any atom is 0.360 e. The summed E-state index contributed by atoms with van der Waals surface area (Å²) >= 11 is 0. The van der Waals surface area contributed by atoms with Gasteiger partial charge in [-0.3, -0.25) is 14.4 Å². The quantitative estimate of drug-likeness (QED) is 0.373. The number of oxazole rings is 2. The van der Waals surface area contributed by atoms with E-state index in [0.29, 0.717) is 16.8 Å². The second-order valence-electron chi connectivity index (χ2n) is 12.3. The molecule has 4 heterocycles. The van der Waals surface area contributed by atoms with E-state index >= 15 is 0 Å². The fourth-order valence-corrected chi connectivity index (χ4v) is 5.27. The lowest BCUT2D eigenvalue weighted by atomic mass is 9.86. The van der Waals surface area contributed by atoms with Crippen LogP contribution in [0.25, 0.3) is 11.6 Å². The molecule has 0 spiro atoms. The van der Waals surface area contributed by atoms with Crippen molar-refractivity contribution in [2.45, 2.75) is 65.1 Å². The molecular weight excluding hydrogens is 558 g/mol. The van der Waals surface area contributed by atoms with Crippen LogP contribution in [0.5, 0.6) is 0 Å². The molecule has 0 saturated carbocycles. The molecule has 3 aromatic rings. The van der Waals surface area contributed by atoms with Crippen molar-refractivity contribution in [2.24, 2.45) is 11.3 Å². The second-order valence-corrected chi connectivity index (χ2v) is 12.3. The number of aromatic nitrogens is 2. The van der Waals surface area contributed by atoms with Gasteiger partial charge in [-0.1, -0.05) is 46.8 Å². The Morgan fingerprint density at radius 1 is 1.21 bits per heavy atom. The summed E-state index contributed by atoms with van der Waals surface area (Å²) in [5.74, 6) is -3.31. The average molecular weight is 594 g/mol. The lowest BCUT2D eigenvalue weighted by molar-refractivity contribution is -0.136. The lowest BCUT2D eigenvalue weighted by Gasteiger charge is -2.31. The summed E-state index contributed by atoms with van der Waals surface area (Å²) in [6.07, 6.45) is -0.0846. The topological polar surface area (TPSA) is 177 Å². The highest BCUT2D eigenvalue weighted by Gasteiger charge is 2.44. The van der Waals surface area contributed by atoms with E-state index in [4.69, 9.17) is 13.6 Å². The molecule has 2 aliphatic heterocycles. The molecule has 228 valence electrons. The third-order valence-electron chi connectivity index (χ3n) is 7.75. The van der Waals surface area contributed by atoms with E-state index in [1.54, 1.807) is 39.1 Å². The number of rotatable bonds is 5. The molecule has 2 aliphatic rings. The Balaban J connectivity index is 1.70. The summed E-state index contributed by atoms with van der Waals surface area (Å²) in [4.78, 5) is 63.0. The van der Waals surface area contributed by atoms with Crippen LogP contribution < -0.4 is 15.5 Å². The molecule has 13 nitrogen and oxygen atoms in total. The van der Waals surface area contributed by atoms with Gasteiger partial charge >= 0.3 is 5.97 Å². The first-order valence-corrected chi connectivity index (χ1v) is 13.9. The van der Waals surface area contributed by atoms with E-state index in [1.807, 2.05) is 20.8 Å². The molecule has 43 heavy (non-hydrogen) atoms. The number of aliphatic hydroxyl groups is 1. The number of aliphatic hydroxyl groups excluding tert-OH is 1. The molecular formula is C30H35N5O8. The minimum absolute atomic E-state index is 0.0628. The highest BCUT2D eigenvalue weighted by Crippen LogP contribution is 2.46. The minimum Gasteiger partial charge on any atom is -0.464 e. The number of nitrogens with zero attached hydrogens (tertiary/aromatic N) is 3. The third-order valence-corrected chi connectivity index (χ3v) is 7.75. The monoisotopic (exact) mass is 593 g/mol. The van der Waals surface area contributed by atoms with E-state index in [1.165, 1.54) is 12.0 Å². The van der Waals surface area contributed by atoms with Gasteiger partial charge in [0.15, 0.2) is 17.1 Å². The Bertz CT molecular complexity index is 1600. The Kier molecular flexibility index (Phi) is 7.63. The van der Waals surface area contributed by atoms with Crippen molar-refractivity contribution < 1.29 is 37.9 Å². The van der Waals surface area contributed by atoms with Crippen LogP contribution in [0, 0.1) is 11.3 Å². The van der Waals surface area contributed by atoms with E-state index < -0.39 is 47.3 Å². The predicted molar refractivity (Wildman–Crippen MR) is 152 cm³/mol. The first-order valence-electron chi connectivity index (χ1n) is 13.9. The fourth-order valence-electron chi connectivity index (χ4n) is 5.27. The Labute approximate surface area is 248 Å². The fraction of sp³-hybridized carbons (Fsp3) is 0.467. The zero-order chi connectivity index (χ0) is 31.4. The Hall–Kier alpha value is -4.52. The lowest BCUT2D eigenvalue weighted by Crippen LogP contribution is -2.53. The summed E-state index contributed by atoms with van der Waals surface area (Å²) in [6.45, 7) is 9.03. The highest BCUT2D eigenvalue weighted by molar-refractivity contribution is 6.07. The van der Waals surface area contributed by atoms with Crippen LogP contribution in [-0.4, -0.2) is 65.1 Å². The molecule has 0 saturated heterocycles. The number of ether oxygens (including phenoxy) is 1. The molecule has 0 unspecified atom stereocenters. The van der Waals surface area contributed by atoms with Crippen molar-refractivity contribution in [3.8, 4) is 11.6 Å². The smallest absolute Gasteiger partial charge is 0.360 e. The van der Waals surface area contributed by atoms with E-state index in [9.17, 15) is 24.3 Å². The predicted octanol–water partition coefficient (Wildman–Crippen LogP) is 2.49. The highest BCUT2D eigenvalue weighted by atomic mass is 16.5. The van der Waals surface area contributed by atoms with Crippen LogP contribution in [-0.2, 0) is 25.5 Å². The maximum atomic E-state index is 13.8. The van der Waals surface area contributed by atoms with E-state index in [0.717, 1.165) is 6.26 Å². The Morgan fingerprint density at radius 2 is 1.93 bits per heavy atom. The zero-order valence-corrected chi connectivity index (χ0v) is 25.0. The normalized spacial score (nSPS) is 20.8. The number of carbonyl (C=O) groups is 4. The molecule has 4 atom stereocenters. The van der Waals surface area contributed by atoms with Crippen LogP contribution >= 0.6 is 0 Å². The number of hydrogen-bond acceptors (Lipinski definition) is 10. The standard InChI is InChI=1S/C30H35N5O8/c1-13(2)21(36)25(38)31-16-11-14-8-9-18-15(10-14)19(28(39)35(18)6)22-20(26-32-17(12-42-26)29(40)41-7)33-27(43-22)23(30(3,4)5)34-24(16)37/h8-10,12-13,16,19,21,23,36H,11H2,1-7H3,(H,31,38)(H,34,37)/t16-,19-,21-,23+/m0/s1. The molecule has 0 radical (unpaired) electrons. The maximum absolute atomic E-state index is 13.8. The van der Waals surface area contributed by atoms with Gasteiger partial charge in [0.25, 0.3) is 0 Å². The SMILES string of the molecule is COC(=O)c1coc(-c2nc3oc2[C@H]2C(=O)N(C)c4ccc(cc42)C[C@H](NC(=O)[C@@H](O)C(C)C)C(=O)N[C@H]3C(C)(C)C)n1. The van der Waals surface area contributed by atoms with Gasteiger partial charge in [-0.2, -0.15) is 0 Å². The van der Waals surface area contributed by atoms with Crippen molar-refractivity contribution in [3.05, 3.63) is 52.9 Å². The molecule has 3 amide bonds. The number of esters is 1. The van der Waals surface area contributed by atoms with Crippen molar-refractivity contribution in [1.82, 2.24) is 20.6 Å². The number of fused-ring (bicyclic) bond motifs is 4. The molecule has 13 heteroatoms. The van der Waals surface area contributed by atoms with Crippen molar-refractivity contribution >= 4 is 29.4 Å². The number of anilines is 1. The van der Waals surface area contributed by atoms with Gasteiger partial charge in [0.05, 0.1) is 7.11 Å². The van der Waals surface area contributed by atoms with Crippen LogP contribution in [0.2, 0.25) is 0 Å². The van der Waals surface area contributed by atoms with Crippen LogP contribution in [0.3, 0.4) is 0 Å². The minimum atomic E-state index is -1.31. The van der Waals surface area contributed by atoms with Crippen molar-refractivity contribution in [1.29, 1.82) is 0 Å². The number of nitrogens with one attached hydrogen (secondary N) is 2. The molecule has 2 aromatic heterocycles. The van der Waals surface area contributed by atoms with Crippen LogP contribution in [0.15, 0.2) is 33.3 Å². The summed E-state index contributed by atoms with van der Waals surface area (Å²) in [6, 6.07) is 3.45. The van der Waals surface area contributed by atoms with Crippen molar-refractivity contribution in [3.63, 3.8) is 0 Å². The number of likely N-dealkylation sites (N-methyl/N-ethyl adjacent to an activating group) is 1. The number of amides is 3. The van der Waals surface area contributed by atoms with Gasteiger partial charge in [-0.25, -0.2) is 14.8 Å². The third kappa shape index (κ3) is 5.40. The van der Waals surface area contributed by atoms with E-state index in [2.05, 4.69) is 20.6 Å². The average Bonchev–Trinajstić information content (AvgIpc) is 3.66. The first-order chi connectivity index (χ1) is 20.2. The molecule has 0 aliphatic carbocycles. The molecule has 3 N–H and O–H groups in total. The molecule has 1 aromatic carbocycles. The summed E-state index contributed by atoms with van der Waals surface area (Å²) in [5, 5.41) is 16.0. The number of carbonyl (C=O) groups excluding carboxylic acids is 4. The first kappa shape index (κ1) is 30.0. The largest absolute Gasteiger partial charge is 0.464 e. The van der Waals surface area contributed by atoms with Gasteiger partial charge < -0.3 is 34.2 Å². The van der Waals surface area contributed by atoms with Gasteiger partial charge in [0.1, 0.15) is 30.4 Å². The molecule has 0 fully saturated rings. The molecule has 4 bridgehead atoms. The van der Waals surface area contributed by atoms with E-state index in [-0.39, 0.29) is 47.2 Å². The Morgan fingerprint density at radius 3 is 2.58 bits per heavy atom. The van der Waals surface area contributed by atoms with Gasteiger partial charge in [0, 0.05) is 19.2 Å². The second kappa shape index (κ2) is 11.0. The summed E-state index contributed by atoms with van der Waals surface area (Å²) in [5.41, 5.74) is 1.26. The van der Waals surface area contributed by atoms with Gasteiger partial charge in [0.2, 0.25) is 29.5 Å². The number of benzene rings is 1. The summed E-state index contributed by atoms with van der Waals surface area (Å²) < 4.78 is 16.7. The van der Waals surface area contributed by atoms with Crippen molar-refractivity contribution in [2.75, 3.05) is 19.1 Å². The van der Waals surface area contributed by atoms with Crippen LogP contribution in [0.1, 0.15) is 79.8 Å². The zero-order valence-electron chi connectivity index (χ0n) is 25.0. The van der Waals surface area contributed by atoms with Gasteiger partial charge in [-0.05, 0) is 28.5 Å².